The summed E-state index contributed by atoms with van der Waals surface area (Å²) in [7, 11) is 0. The van der Waals surface area contributed by atoms with Crippen LogP contribution in [0.5, 0.6) is 0 Å². The fraction of sp³-hybridized carbons (Fsp3) is 0.417. The topological polar surface area (TPSA) is 29.5 Å². The minimum Gasteiger partial charge on any atom is -0.447 e. The average Bonchev–Trinajstić information content (AvgIpc) is 2.61. The summed E-state index contributed by atoms with van der Waals surface area (Å²) in [6.07, 6.45) is -0.209. The van der Waals surface area contributed by atoms with Crippen LogP contribution in [0.4, 0.5) is 4.79 Å². The summed E-state index contributed by atoms with van der Waals surface area (Å²) >= 11 is 0. The number of benzene rings is 1. The number of rotatable bonds is 2. The molecule has 3 nitrogen and oxygen atoms in total. The lowest BCUT2D eigenvalue weighted by atomic mass is 10.1. The highest BCUT2D eigenvalue weighted by Gasteiger charge is 2.35. The molecule has 3 heteroatoms. The maximum absolute atomic E-state index is 11.5. The van der Waals surface area contributed by atoms with Gasteiger partial charge < -0.3 is 4.74 Å². The molecule has 1 atom stereocenters. The Morgan fingerprint density at radius 3 is 2.60 bits per heavy atom. The van der Waals surface area contributed by atoms with Crippen molar-refractivity contribution in [1.82, 2.24) is 4.90 Å². The standard InChI is InChI=1S/C12H15NO2/c1-9(2)13-11(8-15-12(13)14)10-6-4-3-5-7-10/h3-7,9,11H,8H2,1-2H3. The molecule has 0 saturated carbocycles. The van der Waals surface area contributed by atoms with Crippen LogP contribution in [0.2, 0.25) is 0 Å². The van der Waals surface area contributed by atoms with Crippen LogP contribution in [0.15, 0.2) is 30.3 Å². The molecule has 0 bridgehead atoms. The highest BCUT2D eigenvalue weighted by atomic mass is 16.6. The largest absolute Gasteiger partial charge is 0.447 e. The molecule has 0 N–H and O–H groups in total. The monoisotopic (exact) mass is 205 g/mol. The fourth-order valence-corrected chi connectivity index (χ4v) is 1.94. The van der Waals surface area contributed by atoms with Gasteiger partial charge in [-0.2, -0.15) is 0 Å². The van der Waals surface area contributed by atoms with Gasteiger partial charge in [0.15, 0.2) is 0 Å². The van der Waals surface area contributed by atoms with E-state index in [4.69, 9.17) is 4.74 Å². The number of cyclic esters (lactones) is 1. The second-order valence-corrected chi connectivity index (χ2v) is 4.00. The molecule has 0 aromatic heterocycles. The number of carbonyl (C=O) groups is 1. The van der Waals surface area contributed by atoms with Crippen LogP contribution in [0.25, 0.3) is 0 Å². The van der Waals surface area contributed by atoms with Crippen LogP contribution in [0.3, 0.4) is 0 Å². The lowest BCUT2D eigenvalue weighted by molar-refractivity contribution is 0.149. The molecule has 1 saturated heterocycles. The molecule has 0 aliphatic carbocycles. The lowest BCUT2D eigenvalue weighted by Crippen LogP contribution is -2.33. The molecule has 1 heterocycles. The first-order chi connectivity index (χ1) is 7.20. The fourth-order valence-electron chi connectivity index (χ4n) is 1.94. The third-order valence-corrected chi connectivity index (χ3v) is 2.65. The molecule has 0 spiro atoms. The van der Waals surface area contributed by atoms with Gasteiger partial charge in [-0.15, -0.1) is 0 Å². The molecule has 2 rings (SSSR count). The highest BCUT2D eigenvalue weighted by Crippen LogP contribution is 2.29. The summed E-state index contributed by atoms with van der Waals surface area (Å²) in [5.41, 5.74) is 1.14. The summed E-state index contributed by atoms with van der Waals surface area (Å²) in [6, 6.07) is 10.2. The number of hydrogen-bond donors (Lipinski definition) is 0. The predicted molar refractivity (Wildman–Crippen MR) is 57.5 cm³/mol. The molecule has 15 heavy (non-hydrogen) atoms. The first-order valence-electron chi connectivity index (χ1n) is 5.20. The smallest absolute Gasteiger partial charge is 0.410 e. The Hall–Kier alpha value is -1.51. The van der Waals surface area contributed by atoms with E-state index in [-0.39, 0.29) is 18.2 Å². The Kier molecular flexibility index (Phi) is 2.62. The van der Waals surface area contributed by atoms with Crippen molar-refractivity contribution in [2.24, 2.45) is 0 Å². The van der Waals surface area contributed by atoms with E-state index < -0.39 is 0 Å². The first kappa shape index (κ1) is 10.0. The summed E-state index contributed by atoms with van der Waals surface area (Å²) in [6.45, 7) is 4.46. The maximum atomic E-state index is 11.5. The minimum absolute atomic E-state index is 0.0682. The van der Waals surface area contributed by atoms with Gasteiger partial charge >= 0.3 is 6.09 Å². The van der Waals surface area contributed by atoms with Crippen molar-refractivity contribution in [2.45, 2.75) is 25.9 Å². The normalized spacial score (nSPS) is 20.9. The van der Waals surface area contributed by atoms with Crippen molar-refractivity contribution in [2.75, 3.05) is 6.61 Å². The summed E-state index contributed by atoms with van der Waals surface area (Å²) in [5, 5.41) is 0. The third-order valence-electron chi connectivity index (χ3n) is 2.65. The predicted octanol–water partition coefficient (Wildman–Crippen LogP) is 2.59. The zero-order valence-electron chi connectivity index (χ0n) is 9.01. The first-order valence-corrected chi connectivity index (χ1v) is 5.20. The molecule has 1 aromatic carbocycles. The van der Waals surface area contributed by atoms with E-state index >= 15 is 0 Å². The molecule has 1 aliphatic rings. The molecular formula is C12H15NO2. The van der Waals surface area contributed by atoms with Gasteiger partial charge in [0.2, 0.25) is 0 Å². The molecule has 1 unspecified atom stereocenters. The van der Waals surface area contributed by atoms with Gasteiger partial charge in [0, 0.05) is 6.04 Å². The molecule has 1 aromatic rings. The molecule has 1 amide bonds. The van der Waals surface area contributed by atoms with E-state index in [2.05, 4.69) is 0 Å². The lowest BCUT2D eigenvalue weighted by Gasteiger charge is -2.25. The van der Waals surface area contributed by atoms with Crippen LogP contribution >= 0.6 is 0 Å². The number of hydrogen-bond acceptors (Lipinski definition) is 2. The number of ether oxygens (including phenoxy) is 1. The molecule has 0 radical (unpaired) electrons. The third kappa shape index (κ3) is 1.82. The Labute approximate surface area is 89.7 Å². The molecular weight excluding hydrogens is 190 g/mol. The Morgan fingerprint density at radius 1 is 1.33 bits per heavy atom. The zero-order chi connectivity index (χ0) is 10.8. The van der Waals surface area contributed by atoms with Gasteiger partial charge in [0.05, 0.1) is 6.04 Å². The zero-order valence-corrected chi connectivity index (χ0v) is 9.01. The Balaban J connectivity index is 2.26. The molecule has 1 fully saturated rings. The maximum Gasteiger partial charge on any atom is 0.410 e. The van der Waals surface area contributed by atoms with Gasteiger partial charge in [0.1, 0.15) is 6.61 Å². The summed E-state index contributed by atoms with van der Waals surface area (Å²) < 4.78 is 5.08. The van der Waals surface area contributed by atoms with Crippen LogP contribution < -0.4 is 0 Å². The Bertz CT molecular complexity index is 348. The highest BCUT2D eigenvalue weighted by molar-refractivity contribution is 5.70. The van der Waals surface area contributed by atoms with E-state index in [9.17, 15) is 4.79 Å². The van der Waals surface area contributed by atoms with Gasteiger partial charge in [-0.25, -0.2) is 4.79 Å². The number of carbonyl (C=O) groups excluding carboxylic acids is 1. The van der Waals surface area contributed by atoms with Crippen molar-refractivity contribution in [3.05, 3.63) is 35.9 Å². The van der Waals surface area contributed by atoms with Gasteiger partial charge in [-0.1, -0.05) is 30.3 Å². The summed E-state index contributed by atoms with van der Waals surface area (Å²) in [5.74, 6) is 0. The van der Waals surface area contributed by atoms with E-state index in [1.54, 1.807) is 4.90 Å². The van der Waals surface area contributed by atoms with Crippen LogP contribution in [-0.2, 0) is 4.74 Å². The second-order valence-electron chi connectivity index (χ2n) is 4.00. The second kappa shape index (κ2) is 3.93. The van der Waals surface area contributed by atoms with Crippen molar-refractivity contribution in [3.8, 4) is 0 Å². The van der Waals surface area contributed by atoms with E-state index in [1.807, 2.05) is 44.2 Å². The summed E-state index contributed by atoms with van der Waals surface area (Å²) in [4.78, 5) is 13.3. The van der Waals surface area contributed by atoms with Crippen molar-refractivity contribution in [1.29, 1.82) is 0 Å². The number of amides is 1. The Morgan fingerprint density at radius 2 is 2.00 bits per heavy atom. The molecule has 80 valence electrons. The number of nitrogens with zero attached hydrogens (tertiary/aromatic N) is 1. The average molecular weight is 205 g/mol. The van der Waals surface area contributed by atoms with Gasteiger partial charge in [-0.05, 0) is 19.4 Å². The molecule has 1 aliphatic heterocycles. The van der Waals surface area contributed by atoms with Crippen LogP contribution in [0.1, 0.15) is 25.5 Å². The van der Waals surface area contributed by atoms with Gasteiger partial charge in [-0.3, -0.25) is 4.90 Å². The van der Waals surface area contributed by atoms with Crippen LogP contribution in [-0.4, -0.2) is 23.6 Å². The van der Waals surface area contributed by atoms with E-state index in [1.165, 1.54) is 0 Å². The quantitative estimate of drug-likeness (QED) is 0.742. The van der Waals surface area contributed by atoms with Crippen LogP contribution in [0, 0.1) is 0 Å². The van der Waals surface area contributed by atoms with Crippen molar-refractivity contribution in [3.63, 3.8) is 0 Å². The van der Waals surface area contributed by atoms with Gasteiger partial charge in [0.25, 0.3) is 0 Å². The van der Waals surface area contributed by atoms with E-state index in [0.717, 1.165) is 5.56 Å². The SMILES string of the molecule is CC(C)N1C(=O)OCC1c1ccccc1. The van der Waals surface area contributed by atoms with Crippen molar-refractivity contribution < 1.29 is 9.53 Å². The van der Waals surface area contributed by atoms with E-state index in [0.29, 0.717) is 6.61 Å². The van der Waals surface area contributed by atoms with Crippen molar-refractivity contribution >= 4 is 6.09 Å². The minimum atomic E-state index is -0.209.